The van der Waals surface area contributed by atoms with Gasteiger partial charge in [0.15, 0.2) is 11.0 Å². The minimum atomic E-state index is 0.371. The van der Waals surface area contributed by atoms with E-state index in [2.05, 4.69) is 50.9 Å². The summed E-state index contributed by atoms with van der Waals surface area (Å²) in [7, 11) is 0. The first-order valence-electron chi connectivity index (χ1n) is 10.3. The summed E-state index contributed by atoms with van der Waals surface area (Å²) in [5.41, 5.74) is 3.38. The van der Waals surface area contributed by atoms with Crippen LogP contribution in [0.1, 0.15) is 17.0 Å². The smallest absolute Gasteiger partial charge is 0.195 e. The van der Waals surface area contributed by atoms with Crippen LogP contribution >= 0.6 is 11.8 Å². The Morgan fingerprint density at radius 2 is 1.87 bits per heavy atom. The number of benzene rings is 2. The van der Waals surface area contributed by atoms with Gasteiger partial charge in [-0.25, -0.2) is 0 Å². The summed E-state index contributed by atoms with van der Waals surface area (Å²) >= 11 is 1.74. The molecule has 158 valence electrons. The Morgan fingerprint density at radius 3 is 2.67 bits per heavy atom. The fourth-order valence-electron chi connectivity index (χ4n) is 3.47. The molecular weight excluding hydrogens is 396 g/mol. The van der Waals surface area contributed by atoms with Gasteiger partial charge in [0.25, 0.3) is 0 Å². The van der Waals surface area contributed by atoms with E-state index in [1.54, 1.807) is 11.8 Å². The van der Waals surface area contributed by atoms with E-state index in [1.807, 2.05) is 31.2 Å². The summed E-state index contributed by atoms with van der Waals surface area (Å²) in [4.78, 5) is 2.44. The van der Waals surface area contributed by atoms with Crippen LogP contribution in [0.15, 0.2) is 53.7 Å². The lowest BCUT2D eigenvalue weighted by Crippen LogP contribution is -2.37. The molecule has 1 aromatic heterocycles. The molecule has 4 rings (SSSR count). The van der Waals surface area contributed by atoms with Gasteiger partial charge in [-0.1, -0.05) is 42.1 Å². The first-order chi connectivity index (χ1) is 14.7. The van der Waals surface area contributed by atoms with Gasteiger partial charge < -0.3 is 9.47 Å². The summed E-state index contributed by atoms with van der Waals surface area (Å²) in [5, 5.41) is 9.86. The van der Waals surface area contributed by atoms with E-state index >= 15 is 0 Å². The molecule has 1 fully saturated rings. The van der Waals surface area contributed by atoms with Crippen molar-refractivity contribution < 1.29 is 9.47 Å². The van der Waals surface area contributed by atoms with Crippen molar-refractivity contribution in [2.24, 2.45) is 0 Å². The molecule has 0 aliphatic carbocycles. The second-order valence-electron chi connectivity index (χ2n) is 7.43. The van der Waals surface area contributed by atoms with Crippen molar-refractivity contribution in [1.82, 2.24) is 19.7 Å². The summed E-state index contributed by atoms with van der Waals surface area (Å²) in [6, 6.07) is 16.5. The van der Waals surface area contributed by atoms with Gasteiger partial charge in [0, 0.05) is 31.1 Å². The van der Waals surface area contributed by atoms with Gasteiger partial charge in [-0.05, 0) is 43.2 Å². The Bertz CT molecular complexity index is 969. The minimum Gasteiger partial charge on any atom is -0.485 e. The Kier molecular flexibility index (Phi) is 7.04. The molecule has 1 aliphatic rings. The Hall–Kier alpha value is -2.35. The number of morpholine rings is 1. The number of rotatable bonds is 8. The van der Waals surface area contributed by atoms with Crippen LogP contribution in [0.25, 0.3) is 5.69 Å². The third kappa shape index (κ3) is 5.22. The maximum Gasteiger partial charge on any atom is 0.195 e. The molecular formula is C23H28N4O2S. The first kappa shape index (κ1) is 20.9. The van der Waals surface area contributed by atoms with Gasteiger partial charge in [0.1, 0.15) is 12.4 Å². The van der Waals surface area contributed by atoms with Crippen LogP contribution in [-0.4, -0.2) is 58.3 Å². The fourth-order valence-corrected chi connectivity index (χ4v) is 4.44. The molecule has 2 aromatic carbocycles. The van der Waals surface area contributed by atoms with Gasteiger partial charge in [0.05, 0.1) is 13.2 Å². The third-order valence-corrected chi connectivity index (χ3v) is 6.06. The van der Waals surface area contributed by atoms with Crippen LogP contribution in [0.3, 0.4) is 0 Å². The topological polar surface area (TPSA) is 52.4 Å². The normalized spacial score (nSPS) is 14.7. The molecule has 1 saturated heterocycles. The highest BCUT2D eigenvalue weighted by Crippen LogP contribution is 2.24. The highest BCUT2D eigenvalue weighted by atomic mass is 32.2. The molecule has 6 nitrogen and oxygen atoms in total. The molecule has 0 bridgehead atoms. The van der Waals surface area contributed by atoms with Crippen LogP contribution in [0.5, 0.6) is 5.75 Å². The summed E-state index contributed by atoms with van der Waals surface area (Å²) in [6.45, 7) is 9.19. The SMILES string of the molecule is Cc1cccc(-n2c(COc3ccccc3C)nnc2SCCN2CCOCC2)c1. The number of aromatic nitrogens is 3. The molecule has 0 atom stereocenters. The van der Waals surface area contributed by atoms with Crippen molar-refractivity contribution in [2.45, 2.75) is 25.6 Å². The van der Waals surface area contributed by atoms with Crippen molar-refractivity contribution in [3.63, 3.8) is 0 Å². The van der Waals surface area contributed by atoms with Gasteiger partial charge >= 0.3 is 0 Å². The quantitative estimate of drug-likeness (QED) is 0.512. The molecule has 0 spiro atoms. The van der Waals surface area contributed by atoms with Crippen LogP contribution < -0.4 is 4.74 Å². The predicted molar refractivity (Wildman–Crippen MR) is 120 cm³/mol. The monoisotopic (exact) mass is 424 g/mol. The van der Waals surface area contributed by atoms with E-state index in [1.165, 1.54) is 5.56 Å². The van der Waals surface area contributed by atoms with E-state index in [0.29, 0.717) is 6.61 Å². The number of ether oxygens (including phenoxy) is 2. The summed E-state index contributed by atoms with van der Waals surface area (Å²) in [6.07, 6.45) is 0. The lowest BCUT2D eigenvalue weighted by Gasteiger charge is -2.26. The molecule has 30 heavy (non-hydrogen) atoms. The molecule has 2 heterocycles. The average Bonchev–Trinajstić information content (AvgIpc) is 3.17. The number of thioether (sulfide) groups is 1. The Labute approximate surface area is 182 Å². The van der Waals surface area contributed by atoms with Crippen molar-refractivity contribution in [1.29, 1.82) is 0 Å². The van der Waals surface area contributed by atoms with Crippen molar-refractivity contribution in [3.8, 4) is 11.4 Å². The zero-order chi connectivity index (χ0) is 20.8. The number of aryl methyl sites for hydroxylation is 2. The van der Waals surface area contributed by atoms with E-state index in [9.17, 15) is 0 Å². The molecule has 3 aromatic rings. The molecule has 0 N–H and O–H groups in total. The standard InChI is InChI=1S/C23H28N4O2S/c1-18-6-5-8-20(16-18)27-22(17-29-21-9-4-3-7-19(21)2)24-25-23(27)30-15-12-26-10-13-28-14-11-26/h3-9,16H,10-15,17H2,1-2H3. The largest absolute Gasteiger partial charge is 0.485 e. The Balaban J connectivity index is 1.51. The lowest BCUT2D eigenvalue weighted by atomic mass is 10.2. The molecule has 1 aliphatic heterocycles. The molecule has 0 saturated carbocycles. The molecule has 7 heteroatoms. The lowest BCUT2D eigenvalue weighted by molar-refractivity contribution is 0.0410. The van der Waals surface area contributed by atoms with Crippen molar-refractivity contribution in [2.75, 3.05) is 38.6 Å². The molecule has 0 unspecified atom stereocenters. The maximum atomic E-state index is 6.07. The van der Waals surface area contributed by atoms with E-state index in [4.69, 9.17) is 9.47 Å². The second kappa shape index (κ2) is 10.1. The highest BCUT2D eigenvalue weighted by molar-refractivity contribution is 7.99. The van der Waals surface area contributed by atoms with E-state index < -0.39 is 0 Å². The Morgan fingerprint density at radius 1 is 1.03 bits per heavy atom. The van der Waals surface area contributed by atoms with Gasteiger partial charge in [-0.3, -0.25) is 9.47 Å². The van der Waals surface area contributed by atoms with Crippen LogP contribution in [0.2, 0.25) is 0 Å². The first-order valence-corrected chi connectivity index (χ1v) is 11.3. The number of nitrogens with zero attached hydrogens (tertiary/aromatic N) is 4. The summed E-state index contributed by atoms with van der Waals surface area (Å²) in [5.74, 6) is 2.64. The zero-order valence-corrected chi connectivity index (χ0v) is 18.4. The maximum absolute atomic E-state index is 6.07. The minimum absolute atomic E-state index is 0.371. The van der Waals surface area contributed by atoms with Gasteiger partial charge in [-0.15, -0.1) is 10.2 Å². The van der Waals surface area contributed by atoms with E-state index in [-0.39, 0.29) is 0 Å². The number of para-hydroxylation sites is 1. The van der Waals surface area contributed by atoms with E-state index in [0.717, 1.165) is 66.6 Å². The molecule has 0 radical (unpaired) electrons. The van der Waals surface area contributed by atoms with Crippen LogP contribution in [0, 0.1) is 13.8 Å². The molecule has 0 amide bonds. The van der Waals surface area contributed by atoms with Gasteiger partial charge in [-0.2, -0.15) is 0 Å². The number of hydrogen-bond acceptors (Lipinski definition) is 6. The van der Waals surface area contributed by atoms with Crippen LogP contribution in [0.4, 0.5) is 0 Å². The fraction of sp³-hybridized carbons (Fsp3) is 0.391. The average molecular weight is 425 g/mol. The zero-order valence-electron chi connectivity index (χ0n) is 17.6. The predicted octanol–water partition coefficient (Wildman–Crippen LogP) is 3.89. The van der Waals surface area contributed by atoms with Crippen molar-refractivity contribution >= 4 is 11.8 Å². The van der Waals surface area contributed by atoms with Gasteiger partial charge in [0.2, 0.25) is 0 Å². The second-order valence-corrected chi connectivity index (χ2v) is 8.49. The third-order valence-electron chi connectivity index (χ3n) is 5.15. The number of hydrogen-bond donors (Lipinski definition) is 0. The van der Waals surface area contributed by atoms with Crippen LogP contribution in [-0.2, 0) is 11.3 Å². The summed E-state index contributed by atoms with van der Waals surface area (Å²) < 4.78 is 13.6. The van der Waals surface area contributed by atoms with Crippen molar-refractivity contribution in [3.05, 3.63) is 65.5 Å². The highest BCUT2D eigenvalue weighted by Gasteiger charge is 2.17.